The van der Waals surface area contributed by atoms with E-state index < -0.39 is 5.54 Å². The summed E-state index contributed by atoms with van der Waals surface area (Å²) in [6.07, 6.45) is 4.08. The van der Waals surface area contributed by atoms with Gasteiger partial charge >= 0.3 is 0 Å². The highest BCUT2D eigenvalue weighted by Gasteiger charge is 2.39. The molecule has 0 unspecified atom stereocenters. The molecule has 1 fully saturated rings. The number of rotatable bonds is 5. The van der Waals surface area contributed by atoms with Gasteiger partial charge in [0.1, 0.15) is 5.75 Å². The third-order valence-electron chi connectivity index (χ3n) is 5.44. The van der Waals surface area contributed by atoms with Gasteiger partial charge in [-0.1, -0.05) is 31.0 Å². The minimum absolute atomic E-state index is 0.0851. The molecule has 1 N–H and O–H groups in total. The fraction of sp³-hybridized carbons (Fsp3) is 0.429. The molecule has 28 heavy (non-hydrogen) atoms. The molecular weight excluding hydrogens is 354 g/mol. The number of nitrogens with one attached hydrogen (secondary N) is 1. The lowest BCUT2D eigenvalue weighted by Gasteiger charge is -2.32. The van der Waals surface area contributed by atoms with Crippen molar-refractivity contribution in [1.29, 1.82) is 0 Å². The molecule has 1 aliphatic carbocycles. The summed E-state index contributed by atoms with van der Waals surface area (Å²) in [5.74, 6) is 1.73. The lowest BCUT2D eigenvalue weighted by atomic mass is 9.87. The van der Waals surface area contributed by atoms with Crippen molar-refractivity contribution in [2.24, 2.45) is 0 Å². The smallest absolute Gasteiger partial charge is 0.252 e. The number of aryl methyl sites for hydroxylation is 2. The third-order valence-corrected chi connectivity index (χ3v) is 5.44. The van der Waals surface area contributed by atoms with E-state index in [1.807, 2.05) is 44.2 Å². The van der Waals surface area contributed by atoms with Gasteiger partial charge in [0, 0.05) is 17.0 Å². The first-order valence-electron chi connectivity index (χ1n) is 9.65. The lowest BCUT2D eigenvalue weighted by Crippen LogP contribution is -2.44. The Kier molecular flexibility index (Phi) is 4.75. The Morgan fingerprint density at radius 2 is 1.96 bits per heavy atom. The van der Waals surface area contributed by atoms with Crippen molar-refractivity contribution in [3.63, 3.8) is 0 Å². The summed E-state index contributed by atoms with van der Waals surface area (Å²) in [5.41, 5.74) is 2.48. The summed E-state index contributed by atoms with van der Waals surface area (Å²) >= 11 is 0. The van der Waals surface area contributed by atoms with Crippen LogP contribution in [0.5, 0.6) is 5.75 Å². The number of carbonyl (C=O) groups is 1. The van der Waals surface area contributed by atoms with Gasteiger partial charge in [-0.15, -0.1) is 5.10 Å². The Morgan fingerprint density at radius 3 is 2.71 bits per heavy atom. The predicted octanol–water partition coefficient (Wildman–Crippen LogP) is 2.88. The van der Waals surface area contributed by atoms with Crippen LogP contribution < -0.4 is 10.1 Å². The van der Waals surface area contributed by atoms with Gasteiger partial charge in [0.15, 0.2) is 5.82 Å². The number of fused-ring (bicyclic) bond motifs is 1. The number of carbonyl (C=O) groups excluding carboxylic acids is 1. The van der Waals surface area contributed by atoms with Crippen LogP contribution in [0, 0.1) is 13.8 Å². The molecule has 0 saturated heterocycles. The van der Waals surface area contributed by atoms with Gasteiger partial charge in [0.25, 0.3) is 5.78 Å². The summed E-state index contributed by atoms with van der Waals surface area (Å²) < 4.78 is 7.24. The molecule has 0 bridgehead atoms. The van der Waals surface area contributed by atoms with Gasteiger partial charge in [-0.05, 0) is 38.8 Å². The highest BCUT2D eigenvalue weighted by molar-refractivity contribution is 5.79. The number of hydrogen-bond acceptors (Lipinski definition) is 5. The van der Waals surface area contributed by atoms with Crippen LogP contribution in [0.3, 0.4) is 0 Å². The zero-order valence-electron chi connectivity index (χ0n) is 16.5. The van der Waals surface area contributed by atoms with Gasteiger partial charge in [-0.3, -0.25) is 4.79 Å². The van der Waals surface area contributed by atoms with Gasteiger partial charge in [-0.25, -0.2) is 9.50 Å². The standard InChI is InChI=1S/C21H25N5O2/c1-14-12-15(2)26-20(22-14)23-18(25-26)13-19(27)24-21(10-6-7-11-21)16-8-4-5-9-17(16)28-3/h4-5,8-9,12H,6-7,10-11,13H2,1-3H3,(H,24,27). The van der Waals surface area contributed by atoms with E-state index in [-0.39, 0.29) is 12.3 Å². The van der Waals surface area contributed by atoms with Crippen molar-refractivity contribution in [3.05, 3.63) is 53.1 Å². The van der Waals surface area contributed by atoms with Crippen molar-refractivity contribution >= 4 is 11.7 Å². The topological polar surface area (TPSA) is 81.4 Å². The fourth-order valence-electron chi connectivity index (χ4n) is 4.22. The third kappa shape index (κ3) is 3.32. The van der Waals surface area contributed by atoms with Crippen molar-refractivity contribution < 1.29 is 9.53 Å². The first-order valence-corrected chi connectivity index (χ1v) is 9.65. The summed E-state index contributed by atoms with van der Waals surface area (Å²) in [6.45, 7) is 3.88. The molecule has 1 aromatic carbocycles. The quantitative estimate of drug-likeness (QED) is 0.737. The lowest BCUT2D eigenvalue weighted by molar-refractivity contribution is -0.122. The molecule has 0 spiro atoms. The Morgan fingerprint density at radius 1 is 1.21 bits per heavy atom. The normalized spacial score (nSPS) is 15.7. The maximum atomic E-state index is 12.9. The molecule has 0 radical (unpaired) electrons. The highest BCUT2D eigenvalue weighted by atomic mass is 16.5. The molecule has 146 valence electrons. The molecule has 1 amide bonds. The maximum absolute atomic E-state index is 12.9. The highest BCUT2D eigenvalue weighted by Crippen LogP contribution is 2.42. The van der Waals surface area contributed by atoms with Crippen LogP contribution in [0.2, 0.25) is 0 Å². The molecule has 2 aromatic heterocycles. The number of ether oxygens (including phenoxy) is 1. The molecule has 0 atom stereocenters. The Hall–Kier alpha value is -2.96. The number of hydrogen-bond donors (Lipinski definition) is 1. The maximum Gasteiger partial charge on any atom is 0.252 e. The van der Waals surface area contributed by atoms with Crippen LogP contribution in [0.1, 0.15) is 48.5 Å². The minimum Gasteiger partial charge on any atom is -0.496 e. The largest absolute Gasteiger partial charge is 0.496 e. The van der Waals surface area contributed by atoms with Crippen molar-refractivity contribution in [3.8, 4) is 5.75 Å². The van der Waals surface area contributed by atoms with Crippen molar-refractivity contribution in [2.45, 2.75) is 51.5 Å². The van der Waals surface area contributed by atoms with Crippen LogP contribution >= 0.6 is 0 Å². The van der Waals surface area contributed by atoms with Gasteiger partial charge in [0.2, 0.25) is 5.91 Å². The Balaban J connectivity index is 1.59. The number of para-hydroxylation sites is 1. The van der Waals surface area contributed by atoms with Crippen LogP contribution in [-0.4, -0.2) is 32.6 Å². The monoisotopic (exact) mass is 379 g/mol. The summed E-state index contributed by atoms with van der Waals surface area (Å²) in [6, 6.07) is 9.88. The van der Waals surface area contributed by atoms with E-state index in [9.17, 15) is 4.79 Å². The van der Waals surface area contributed by atoms with Gasteiger partial charge < -0.3 is 10.1 Å². The predicted molar refractivity (Wildman–Crippen MR) is 105 cm³/mol. The van der Waals surface area contributed by atoms with E-state index in [0.717, 1.165) is 48.4 Å². The fourth-order valence-corrected chi connectivity index (χ4v) is 4.22. The van der Waals surface area contributed by atoms with E-state index in [0.29, 0.717) is 11.6 Å². The molecule has 4 rings (SSSR count). The molecular formula is C21H25N5O2. The van der Waals surface area contributed by atoms with E-state index in [4.69, 9.17) is 4.74 Å². The second-order valence-corrected chi connectivity index (χ2v) is 7.49. The first kappa shape index (κ1) is 18.4. The second-order valence-electron chi connectivity index (χ2n) is 7.49. The molecule has 1 saturated carbocycles. The van der Waals surface area contributed by atoms with Crippen molar-refractivity contribution in [1.82, 2.24) is 24.9 Å². The number of amides is 1. The SMILES string of the molecule is COc1ccccc1C1(NC(=O)Cc2nc3nc(C)cc(C)n3n2)CCCC1. The molecule has 3 aromatic rings. The molecule has 7 heteroatoms. The average molecular weight is 379 g/mol. The molecule has 7 nitrogen and oxygen atoms in total. The average Bonchev–Trinajstić information content (AvgIpc) is 3.29. The van der Waals surface area contributed by atoms with E-state index >= 15 is 0 Å². The number of aromatic nitrogens is 4. The Labute approximate surface area is 164 Å². The van der Waals surface area contributed by atoms with Crippen LogP contribution in [0.4, 0.5) is 0 Å². The Bertz CT molecular complexity index is 1020. The summed E-state index contributed by atoms with van der Waals surface area (Å²) in [4.78, 5) is 21.7. The second kappa shape index (κ2) is 7.22. The zero-order chi connectivity index (χ0) is 19.7. The molecule has 1 aliphatic rings. The van der Waals surface area contributed by atoms with Gasteiger partial charge in [-0.2, -0.15) is 4.98 Å². The van der Waals surface area contributed by atoms with Gasteiger partial charge in [0.05, 0.1) is 19.1 Å². The first-order chi connectivity index (χ1) is 13.5. The van der Waals surface area contributed by atoms with E-state index in [2.05, 4.69) is 20.4 Å². The van der Waals surface area contributed by atoms with Crippen LogP contribution in [0.25, 0.3) is 5.78 Å². The summed E-state index contributed by atoms with van der Waals surface area (Å²) in [5, 5.41) is 7.73. The summed E-state index contributed by atoms with van der Waals surface area (Å²) in [7, 11) is 1.67. The number of benzene rings is 1. The van der Waals surface area contributed by atoms with Crippen LogP contribution in [-0.2, 0) is 16.8 Å². The number of methoxy groups -OCH3 is 1. The minimum atomic E-state index is -0.395. The van der Waals surface area contributed by atoms with Crippen LogP contribution in [0.15, 0.2) is 30.3 Å². The van der Waals surface area contributed by atoms with E-state index in [1.54, 1.807) is 11.6 Å². The molecule has 0 aliphatic heterocycles. The number of nitrogens with zero attached hydrogens (tertiary/aromatic N) is 4. The van der Waals surface area contributed by atoms with Crippen molar-refractivity contribution in [2.75, 3.05) is 7.11 Å². The zero-order valence-corrected chi connectivity index (χ0v) is 16.5. The molecule has 2 heterocycles. The van der Waals surface area contributed by atoms with E-state index in [1.165, 1.54) is 0 Å².